The molecule has 0 saturated carbocycles. The van der Waals surface area contributed by atoms with Gasteiger partial charge in [0.1, 0.15) is 59.4 Å². The van der Waals surface area contributed by atoms with Crippen LogP contribution < -0.4 is 10.5 Å². The molecule has 3 fully saturated rings. The van der Waals surface area contributed by atoms with Gasteiger partial charge in [-0.2, -0.15) is 0 Å². The zero-order valence-electron chi connectivity index (χ0n) is 27.5. The molecule has 3 aliphatic heterocycles. The monoisotopic (exact) mass is 684 g/mol. The van der Waals surface area contributed by atoms with Crippen LogP contribution in [-0.4, -0.2) is 88.1 Å². The van der Waals surface area contributed by atoms with Crippen LogP contribution in [0.3, 0.4) is 0 Å². The highest BCUT2D eigenvalue weighted by Gasteiger charge is 2.44. The molecule has 260 valence electrons. The molecule has 3 heterocycles. The third kappa shape index (κ3) is 7.58. The lowest BCUT2D eigenvalue weighted by Gasteiger charge is -2.40. The molecule has 3 aliphatic rings. The van der Waals surface area contributed by atoms with Crippen molar-refractivity contribution >= 4 is 11.8 Å². The second kappa shape index (κ2) is 15.1. The summed E-state index contributed by atoms with van der Waals surface area (Å²) < 4.78 is 46.5. The van der Waals surface area contributed by atoms with Gasteiger partial charge in [-0.3, -0.25) is 4.90 Å². The molecule has 3 saturated heterocycles. The summed E-state index contributed by atoms with van der Waals surface area (Å²) in [4.78, 5) is 2.31. The molecule has 5 N–H and O–H groups in total. The van der Waals surface area contributed by atoms with Gasteiger partial charge in [0.2, 0.25) is 0 Å². The third-order valence-corrected chi connectivity index (χ3v) is 10.8. The predicted octanol–water partition coefficient (Wildman–Crippen LogP) is 4.83. The smallest absolute Gasteiger partial charge is 0.132 e. The molecule has 11 heteroatoms. The van der Waals surface area contributed by atoms with E-state index in [9.17, 15) is 24.1 Å². The first-order chi connectivity index (χ1) is 23.0. The van der Waals surface area contributed by atoms with Crippen molar-refractivity contribution in [2.45, 2.75) is 93.2 Å². The van der Waals surface area contributed by atoms with Crippen LogP contribution in [0, 0.1) is 11.6 Å². The Kier molecular flexibility index (Phi) is 11.1. The van der Waals surface area contributed by atoms with Gasteiger partial charge < -0.3 is 35.3 Å². The van der Waals surface area contributed by atoms with Crippen LogP contribution in [0.5, 0.6) is 5.75 Å². The van der Waals surface area contributed by atoms with Crippen molar-refractivity contribution in [2.75, 3.05) is 26.0 Å². The van der Waals surface area contributed by atoms with E-state index >= 15 is 0 Å². The summed E-state index contributed by atoms with van der Waals surface area (Å²) in [5.41, 5.74) is 10.1. The van der Waals surface area contributed by atoms with Gasteiger partial charge in [0.25, 0.3) is 0 Å². The zero-order valence-corrected chi connectivity index (χ0v) is 28.4. The van der Waals surface area contributed by atoms with Crippen molar-refractivity contribution in [2.24, 2.45) is 5.73 Å². The van der Waals surface area contributed by atoms with E-state index in [2.05, 4.69) is 36.9 Å². The number of thioether (sulfide) groups is 1. The van der Waals surface area contributed by atoms with Gasteiger partial charge in [0.15, 0.2) is 0 Å². The van der Waals surface area contributed by atoms with Crippen LogP contribution in [0.15, 0.2) is 60.7 Å². The number of aliphatic hydroxyl groups excluding tert-OH is 3. The number of hydrogen-bond donors (Lipinski definition) is 4. The Morgan fingerprint density at radius 2 is 1.75 bits per heavy atom. The van der Waals surface area contributed by atoms with E-state index in [1.54, 1.807) is 6.26 Å². The number of nitrogens with zero attached hydrogens (tertiary/aromatic N) is 1. The summed E-state index contributed by atoms with van der Waals surface area (Å²) >= 11 is 1.30. The fraction of sp³-hybridized carbons (Fsp3) is 0.514. The molecule has 3 aromatic rings. The standard InChI is InChI=1S/C37H46F2N2O6S/c1-20(2)28-10-6-22(35-33(43)32(42)34(44)37(47-35)48-3)15-23(28)14-21-4-8-26(9-5-21)46-27-12-13-41(18-27)25-17-31(40)36(45-19-25)29-16-24(38)7-11-30(29)39/h4-11,15-16,20,25,27,31-37,42-44H,12-14,17-19,40H2,1-3H3/t25-,27+,31-,32+,33+,34-,35-,36+,37+/m0/s1. The van der Waals surface area contributed by atoms with Gasteiger partial charge in [-0.1, -0.05) is 44.2 Å². The van der Waals surface area contributed by atoms with Crippen LogP contribution in [-0.2, 0) is 15.9 Å². The molecule has 6 rings (SSSR count). The topological polar surface area (TPSA) is 118 Å². The van der Waals surface area contributed by atoms with E-state index in [0.29, 0.717) is 19.4 Å². The normalized spacial score (nSPS) is 31.3. The molecule has 48 heavy (non-hydrogen) atoms. The van der Waals surface area contributed by atoms with Gasteiger partial charge in [-0.05, 0) is 84.0 Å². The Morgan fingerprint density at radius 1 is 0.979 bits per heavy atom. The minimum Gasteiger partial charge on any atom is -0.489 e. The average molecular weight is 685 g/mol. The van der Waals surface area contributed by atoms with E-state index < -0.39 is 53.6 Å². The van der Waals surface area contributed by atoms with Crippen LogP contribution in [0.2, 0.25) is 0 Å². The van der Waals surface area contributed by atoms with Gasteiger partial charge in [-0.25, -0.2) is 8.78 Å². The number of aliphatic hydroxyl groups is 3. The highest BCUT2D eigenvalue weighted by Crippen LogP contribution is 2.38. The van der Waals surface area contributed by atoms with Gasteiger partial charge >= 0.3 is 0 Å². The number of likely N-dealkylation sites (tertiary alicyclic amines) is 1. The van der Waals surface area contributed by atoms with Crippen molar-refractivity contribution in [3.63, 3.8) is 0 Å². The van der Waals surface area contributed by atoms with Crippen molar-refractivity contribution in [3.05, 3.63) is 100 Å². The lowest BCUT2D eigenvalue weighted by Crippen LogP contribution is -2.52. The zero-order chi connectivity index (χ0) is 34.1. The summed E-state index contributed by atoms with van der Waals surface area (Å²) in [6.45, 7) is 6.24. The minimum atomic E-state index is -1.30. The van der Waals surface area contributed by atoms with E-state index in [4.69, 9.17) is 19.9 Å². The van der Waals surface area contributed by atoms with Crippen LogP contribution in [0.4, 0.5) is 8.78 Å². The molecule has 0 aliphatic carbocycles. The third-order valence-electron chi connectivity index (χ3n) is 9.90. The Balaban J connectivity index is 1.06. The minimum absolute atomic E-state index is 0.00980. The van der Waals surface area contributed by atoms with Crippen LogP contribution in [0.1, 0.15) is 72.6 Å². The lowest BCUT2D eigenvalue weighted by atomic mass is 9.88. The number of hydrogen-bond acceptors (Lipinski definition) is 9. The summed E-state index contributed by atoms with van der Waals surface area (Å²) in [5.74, 6) is 0.0504. The molecule has 0 bridgehead atoms. The van der Waals surface area contributed by atoms with Crippen molar-refractivity contribution in [1.29, 1.82) is 0 Å². The molecule has 3 aromatic carbocycles. The van der Waals surface area contributed by atoms with Gasteiger partial charge in [-0.15, -0.1) is 11.8 Å². The van der Waals surface area contributed by atoms with Gasteiger partial charge in [0, 0.05) is 30.7 Å². The average Bonchev–Trinajstić information content (AvgIpc) is 3.54. The maximum Gasteiger partial charge on any atom is 0.132 e. The first-order valence-electron chi connectivity index (χ1n) is 16.7. The Bertz CT molecular complexity index is 1540. The number of ether oxygens (including phenoxy) is 3. The van der Waals surface area contributed by atoms with Crippen molar-refractivity contribution in [1.82, 2.24) is 4.90 Å². The summed E-state index contributed by atoms with van der Waals surface area (Å²) in [6.07, 6.45) is -1.18. The molecule has 0 aromatic heterocycles. The Hall–Kier alpha value is -2.61. The fourth-order valence-corrected chi connectivity index (χ4v) is 7.94. The summed E-state index contributed by atoms with van der Waals surface area (Å²) in [7, 11) is 0. The van der Waals surface area contributed by atoms with Crippen molar-refractivity contribution < 1.29 is 38.3 Å². The van der Waals surface area contributed by atoms with Crippen molar-refractivity contribution in [3.8, 4) is 5.75 Å². The molecule has 0 unspecified atom stereocenters. The van der Waals surface area contributed by atoms with Crippen LogP contribution >= 0.6 is 11.8 Å². The fourth-order valence-electron chi connectivity index (χ4n) is 7.27. The lowest BCUT2D eigenvalue weighted by molar-refractivity contribution is -0.200. The Morgan fingerprint density at radius 3 is 2.46 bits per heavy atom. The molecular formula is C37H46F2N2O6S. The SMILES string of the molecule is CS[C@H]1O[C@@H](c2ccc(C(C)C)c(Cc3ccc(O[C@@H]4CCN([C@@H]5CO[C@H](c6cc(F)ccc6F)[C@@H](N)C5)C4)cc3)c2)[C@H](O)[C@@H](O)[C@@H]1O. The number of halogens is 2. The summed E-state index contributed by atoms with van der Waals surface area (Å²) in [5, 5.41) is 31.5. The number of benzene rings is 3. The highest BCUT2D eigenvalue weighted by atomic mass is 32.2. The second-order valence-corrected chi connectivity index (χ2v) is 14.5. The van der Waals surface area contributed by atoms with Gasteiger partial charge in [0.05, 0.1) is 6.61 Å². The molecule has 0 amide bonds. The molecule has 0 radical (unpaired) electrons. The predicted molar refractivity (Wildman–Crippen MR) is 181 cm³/mol. The van der Waals surface area contributed by atoms with E-state index in [1.807, 2.05) is 24.3 Å². The molecule has 9 atom stereocenters. The molecule has 8 nitrogen and oxygen atoms in total. The Labute approximate surface area is 285 Å². The number of nitrogens with two attached hydrogens (primary N) is 1. The number of rotatable bonds is 9. The molecular weight excluding hydrogens is 638 g/mol. The quantitative estimate of drug-likeness (QED) is 0.252. The highest BCUT2D eigenvalue weighted by molar-refractivity contribution is 7.99. The second-order valence-electron chi connectivity index (χ2n) is 13.6. The van der Waals surface area contributed by atoms with E-state index in [0.717, 1.165) is 54.1 Å². The summed E-state index contributed by atoms with van der Waals surface area (Å²) in [6, 6.07) is 17.2. The largest absolute Gasteiger partial charge is 0.489 e. The maximum atomic E-state index is 14.4. The molecule has 0 spiro atoms. The van der Waals surface area contributed by atoms with E-state index in [1.165, 1.54) is 23.4 Å². The first-order valence-corrected chi connectivity index (χ1v) is 18.0. The maximum absolute atomic E-state index is 14.4. The first kappa shape index (κ1) is 35.2. The van der Waals surface area contributed by atoms with Crippen LogP contribution in [0.25, 0.3) is 0 Å². The van der Waals surface area contributed by atoms with E-state index in [-0.39, 0.29) is 23.6 Å².